The lowest BCUT2D eigenvalue weighted by Gasteiger charge is -1.88. The van der Waals surface area contributed by atoms with Gasteiger partial charge in [0.2, 0.25) is 0 Å². The first kappa shape index (κ1) is 9.48. The van der Waals surface area contributed by atoms with Crippen LogP contribution in [0.2, 0.25) is 0 Å². The maximum atomic E-state index is 10.4. The summed E-state index contributed by atoms with van der Waals surface area (Å²) in [4.78, 5) is 19.5. The van der Waals surface area contributed by atoms with Gasteiger partial charge in [0, 0.05) is 0 Å². The Morgan fingerprint density at radius 3 is 2.67 bits per heavy atom. The van der Waals surface area contributed by atoms with Crippen LogP contribution in [0, 0.1) is 0 Å². The first-order valence-electron chi connectivity index (χ1n) is 3.03. The van der Waals surface area contributed by atoms with Crippen molar-refractivity contribution in [1.82, 2.24) is 0 Å². The average Bonchev–Trinajstić information content (AvgIpc) is 2.50. The normalized spacial score (nSPS) is 14.0. The largest absolute Gasteiger partial charge is 0.543 e. The van der Waals surface area contributed by atoms with Crippen molar-refractivity contribution >= 4 is 25.7 Å². The van der Waals surface area contributed by atoms with E-state index in [2.05, 4.69) is 0 Å². The van der Waals surface area contributed by atoms with Gasteiger partial charge >= 0.3 is 13.9 Å². The Morgan fingerprint density at radius 1 is 1.58 bits per heavy atom. The molecule has 0 amide bonds. The van der Waals surface area contributed by atoms with Crippen molar-refractivity contribution in [3.63, 3.8) is 0 Å². The first-order chi connectivity index (χ1) is 5.65. The summed E-state index contributed by atoms with van der Waals surface area (Å²) in [6.07, 6.45) is 0.630. The summed E-state index contributed by atoms with van der Waals surface area (Å²) < 4.78 is 10.4. The lowest BCUT2D eigenvalue weighted by Crippen LogP contribution is -1.85. The van der Waals surface area contributed by atoms with Gasteiger partial charge in [0.15, 0.2) is 6.29 Å². The molecule has 6 heteroatoms. The number of carbonyl (C=O) groups is 1. The number of thiophene rings is 1. The standard InChI is InChI=1S/C6H5O4PS/c7-3-4-1-2-5(12-4)6(8)11(9)10/h1-3,6,8H/p+1. The van der Waals surface area contributed by atoms with Crippen LogP contribution in [0.3, 0.4) is 0 Å². The summed E-state index contributed by atoms with van der Waals surface area (Å²) in [5.41, 5.74) is 0. The second-order valence-corrected chi connectivity index (χ2v) is 4.28. The van der Waals surface area contributed by atoms with E-state index < -0.39 is 13.9 Å². The minimum Gasteiger partial charge on any atom is -0.344 e. The van der Waals surface area contributed by atoms with Crippen LogP contribution in [0.1, 0.15) is 20.4 Å². The van der Waals surface area contributed by atoms with Gasteiger partial charge < -0.3 is 5.11 Å². The van der Waals surface area contributed by atoms with Crippen molar-refractivity contribution in [3.05, 3.63) is 21.9 Å². The summed E-state index contributed by atoms with van der Waals surface area (Å²) >= 11 is 1.01. The van der Waals surface area contributed by atoms with Crippen molar-refractivity contribution in [2.75, 3.05) is 0 Å². The van der Waals surface area contributed by atoms with Crippen LogP contribution >= 0.6 is 19.4 Å². The van der Waals surface area contributed by atoms with E-state index in [9.17, 15) is 9.36 Å². The van der Waals surface area contributed by atoms with E-state index in [0.29, 0.717) is 16.0 Å². The fraction of sp³-hybridized carbons (Fsp3) is 0.167. The van der Waals surface area contributed by atoms with E-state index >= 15 is 0 Å². The van der Waals surface area contributed by atoms with E-state index in [-0.39, 0.29) is 0 Å². The molecule has 1 aromatic rings. The van der Waals surface area contributed by atoms with Crippen molar-refractivity contribution in [1.29, 1.82) is 0 Å². The molecule has 0 aliphatic carbocycles. The Labute approximate surface area is 73.3 Å². The summed E-state index contributed by atoms with van der Waals surface area (Å²) in [6.45, 7) is 0. The molecule has 64 valence electrons. The summed E-state index contributed by atoms with van der Waals surface area (Å²) in [6, 6.07) is 2.96. The highest BCUT2D eigenvalue weighted by molar-refractivity contribution is 7.39. The van der Waals surface area contributed by atoms with E-state index in [0.717, 1.165) is 11.3 Å². The van der Waals surface area contributed by atoms with Gasteiger partial charge in [-0.15, -0.1) is 11.3 Å². The molecule has 0 fully saturated rings. The van der Waals surface area contributed by atoms with E-state index in [1.54, 1.807) is 0 Å². The molecule has 0 saturated carbocycles. The topological polar surface area (TPSA) is 74.6 Å². The molecule has 0 radical (unpaired) electrons. The molecule has 1 rings (SSSR count). The second-order valence-electron chi connectivity index (χ2n) is 2.03. The highest BCUT2D eigenvalue weighted by Crippen LogP contribution is 2.37. The molecule has 2 N–H and O–H groups in total. The Bertz CT molecular complexity index is 308. The van der Waals surface area contributed by atoms with E-state index in [4.69, 9.17) is 10.00 Å². The Balaban J connectivity index is 2.88. The van der Waals surface area contributed by atoms with Gasteiger partial charge in [-0.25, -0.2) is 0 Å². The molecule has 2 atom stereocenters. The Hall–Kier alpha value is -0.610. The molecule has 4 nitrogen and oxygen atoms in total. The summed E-state index contributed by atoms with van der Waals surface area (Å²) in [7, 11) is -2.63. The predicted octanol–water partition coefficient (Wildman–Crippen LogP) is 1.29. The number of rotatable bonds is 3. The van der Waals surface area contributed by atoms with Crippen LogP contribution in [-0.4, -0.2) is 16.3 Å². The van der Waals surface area contributed by atoms with Crippen LogP contribution < -0.4 is 0 Å². The molecule has 1 aromatic heterocycles. The minimum atomic E-state index is -2.63. The van der Waals surface area contributed by atoms with Crippen LogP contribution in [-0.2, 0) is 4.57 Å². The van der Waals surface area contributed by atoms with E-state index in [1.165, 1.54) is 12.1 Å². The smallest absolute Gasteiger partial charge is 0.344 e. The summed E-state index contributed by atoms with van der Waals surface area (Å²) in [5, 5.41) is 9.07. The van der Waals surface area contributed by atoms with Crippen LogP contribution in [0.4, 0.5) is 0 Å². The zero-order chi connectivity index (χ0) is 9.14. The fourth-order valence-electron chi connectivity index (χ4n) is 0.679. The van der Waals surface area contributed by atoms with Crippen LogP contribution in [0.15, 0.2) is 12.1 Å². The third kappa shape index (κ3) is 1.95. The zero-order valence-corrected chi connectivity index (χ0v) is 7.59. The predicted molar refractivity (Wildman–Crippen MR) is 44.5 cm³/mol. The van der Waals surface area contributed by atoms with Gasteiger partial charge in [-0.05, 0) is 16.7 Å². The molecule has 0 aliphatic heterocycles. The van der Waals surface area contributed by atoms with Gasteiger partial charge in [-0.2, -0.15) is 4.89 Å². The number of aldehydes is 1. The SMILES string of the molecule is O=Cc1ccc(C(O)[P+](=O)O)s1. The maximum Gasteiger partial charge on any atom is 0.543 e. The monoisotopic (exact) mass is 205 g/mol. The third-order valence-electron chi connectivity index (χ3n) is 1.23. The molecule has 0 aromatic carbocycles. The van der Waals surface area contributed by atoms with Crippen molar-refractivity contribution in [3.8, 4) is 0 Å². The fourth-order valence-corrected chi connectivity index (χ4v) is 2.11. The summed E-state index contributed by atoms with van der Waals surface area (Å²) in [5.74, 6) is -1.38. The highest BCUT2D eigenvalue weighted by Gasteiger charge is 2.29. The van der Waals surface area contributed by atoms with Gasteiger partial charge in [-0.3, -0.25) is 4.79 Å². The second kappa shape index (κ2) is 3.87. The number of carbonyl (C=O) groups excluding carboxylic acids is 1. The lowest BCUT2D eigenvalue weighted by atomic mass is 10.4. The molecule has 2 unspecified atom stereocenters. The number of aliphatic hydroxyl groups is 1. The van der Waals surface area contributed by atoms with Gasteiger partial charge in [0.1, 0.15) is 0 Å². The molecule has 0 bridgehead atoms. The van der Waals surface area contributed by atoms with Crippen molar-refractivity contribution in [2.24, 2.45) is 0 Å². The molecule has 12 heavy (non-hydrogen) atoms. The van der Waals surface area contributed by atoms with E-state index in [1.807, 2.05) is 0 Å². The first-order valence-corrected chi connectivity index (χ1v) is 5.13. The lowest BCUT2D eigenvalue weighted by molar-refractivity contribution is 0.112. The maximum absolute atomic E-state index is 10.4. The Kier molecular flexibility index (Phi) is 3.05. The molecule has 0 spiro atoms. The molecular formula is C6H6O4PS+. The van der Waals surface area contributed by atoms with Gasteiger partial charge in [0.25, 0.3) is 0 Å². The molecule has 1 heterocycles. The quantitative estimate of drug-likeness (QED) is 0.575. The van der Waals surface area contributed by atoms with Gasteiger partial charge in [-0.1, -0.05) is 0 Å². The highest BCUT2D eigenvalue weighted by atomic mass is 32.1. The van der Waals surface area contributed by atoms with Crippen molar-refractivity contribution in [2.45, 2.75) is 5.85 Å². The van der Waals surface area contributed by atoms with Crippen LogP contribution in [0.5, 0.6) is 0 Å². The Morgan fingerprint density at radius 2 is 2.25 bits per heavy atom. The molecule has 0 aliphatic rings. The van der Waals surface area contributed by atoms with Gasteiger partial charge in [0.05, 0.1) is 9.75 Å². The minimum absolute atomic E-state index is 0.334. The van der Waals surface area contributed by atoms with Crippen LogP contribution in [0.25, 0.3) is 0 Å². The average molecular weight is 205 g/mol. The number of hydrogen-bond donors (Lipinski definition) is 2. The number of aliphatic hydroxyl groups excluding tert-OH is 1. The molecular weight excluding hydrogens is 199 g/mol. The number of hydrogen-bond acceptors (Lipinski definition) is 4. The van der Waals surface area contributed by atoms with Crippen molar-refractivity contribution < 1.29 is 19.4 Å². The molecule has 0 saturated heterocycles. The zero-order valence-electron chi connectivity index (χ0n) is 5.88. The third-order valence-corrected chi connectivity index (χ3v) is 3.16.